The van der Waals surface area contributed by atoms with Crippen LogP contribution in [0, 0.1) is 0 Å². The van der Waals surface area contributed by atoms with E-state index in [4.69, 9.17) is 15.0 Å². The first-order valence-electron chi connectivity index (χ1n) is 8.25. The molecule has 0 saturated carbocycles. The van der Waals surface area contributed by atoms with Gasteiger partial charge in [0.25, 0.3) is 5.89 Å². The molecule has 27 heavy (non-hydrogen) atoms. The van der Waals surface area contributed by atoms with Crippen LogP contribution >= 0.6 is 0 Å². The summed E-state index contributed by atoms with van der Waals surface area (Å²) in [5.74, 6) is 2.08. The van der Waals surface area contributed by atoms with E-state index in [1.807, 2.05) is 54.6 Å². The minimum absolute atomic E-state index is 0.106. The van der Waals surface area contributed by atoms with Crippen LogP contribution in [0.3, 0.4) is 0 Å². The molecule has 4 aromatic rings. The van der Waals surface area contributed by atoms with Gasteiger partial charge in [0.1, 0.15) is 11.6 Å². The summed E-state index contributed by atoms with van der Waals surface area (Å²) in [4.78, 5) is 17.1. The lowest BCUT2D eigenvalue weighted by atomic mass is 10.1. The van der Waals surface area contributed by atoms with Crippen molar-refractivity contribution < 1.29 is 9.26 Å². The highest BCUT2D eigenvalue weighted by Crippen LogP contribution is 2.29. The molecule has 0 aliphatic rings. The summed E-state index contributed by atoms with van der Waals surface area (Å²) in [5, 5.41) is 3.98. The molecular formula is C19H16N6O2. The van der Waals surface area contributed by atoms with Crippen LogP contribution in [0.15, 0.2) is 59.1 Å². The average Bonchev–Trinajstić information content (AvgIpc) is 3.18. The van der Waals surface area contributed by atoms with Crippen LogP contribution in [-0.4, -0.2) is 32.2 Å². The molecule has 0 aliphatic carbocycles. The minimum Gasteiger partial charge on any atom is -0.496 e. The Kier molecular flexibility index (Phi) is 4.44. The molecule has 2 aromatic carbocycles. The highest BCUT2D eigenvalue weighted by molar-refractivity contribution is 5.63. The number of nitrogens with zero attached hydrogens (tertiary/aromatic N) is 5. The van der Waals surface area contributed by atoms with Crippen LogP contribution in [-0.2, 0) is 6.42 Å². The third-order valence-electron chi connectivity index (χ3n) is 3.87. The Bertz CT molecular complexity index is 1060. The molecule has 8 nitrogen and oxygen atoms in total. The number of hydrogen-bond donors (Lipinski definition) is 1. The van der Waals surface area contributed by atoms with Crippen molar-refractivity contribution in [1.82, 2.24) is 25.1 Å². The molecule has 0 amide bonds. The lowest BCUT2D eigenvalue weighted by molar-refractivity contribution is 0.405. The van der Waals surface area contributed by atoms with Gasteiger partial charge in [-0.2, -0.15) is 15.0 Å². The van der Waals surface area contributed by atoms with E-state index in [2.05, 4.69) is 25.1 Å². The summed E-state index contributed by atoms with van der Waals surface area (Å²) < 4.78 is 10.7. The molecule has 0 saturated heterocycles. The van der Waals surface area contributed by atoms with Crippen molar-refractivity contribution in [2.45, 2.75) is 6.42 Å². The maximum absolute atomic E-state index is 5.85. The number of methoxy groups -OCH3 is 1. The Labute approximate surface area is 155 Å². The molecular weight excluding hydrogens is 344 g/mol. The maximum Gasteiger partial charge on any atom is 0.262 e. The van der Waals surface area contributed by atoms with Crippen LogP contribution in [0.2, 0.25) is 0 Å². The Morgan fingerprint density at radius 3 is 2.48 bits per heavy atom. The van der Waals surface area contributed by atoms with Gasteiger partial charge in [0, 0.05) is 6.42 Å². The number of hydrogen-bond acceptors (Lipinski definition) is 8. The summed E-state index contributed by atoms with van der Waals surface area (Å²) in [6.07, 6.45) is 0.526. The number of nitrogen functional groups attached to an aromatic ring is 1. The normalized spacial score (nSPS) is 10.7. The number of benzene rings is 2. The van der Waals surface area contributed by atoms with Gasteiger partial charge in [0.15, 0.2) is 0 Å². The zero-order chi connectivity index (χ0) is 18.6. The van der Waals surface area contributed by atoms with Crippen molar-refractivity contribution >= 4 is 5.95 Å². The Morgan fingerprint density at radius 2 is 1.67 bits per heavy atom. The van der Waals surface area contributed by atoms with E-state index in [0.29, 0.717) is 29.4 Å². The number of ether oxygens (including phenoxy) is 1. The molecule has 0 aliphatic heterocycles. The highest BCUT2D eigenvalue weighted by Gasteiger charge is 2.17. The fourth-order valence-corrected chi connectivity index (χ4v) is 2.64. The zero-order valence-electron chi connectivity index (χ0n) is 14.5. The van der Waals surface area contributed by atoms with E-state index in [0.717, 1.165) is 5.56 Å². The quantitative estimate of drug-likeness (QED) is 0.578. The highest BCUT2D eigenvalue weighted by atomic mass is 16.5. The number of rotatable bonds is 5. The Morgan fingerprint density at radius 1 is 0.889 bits per heavy atom. The van der Waals surface area contributed by atoms with E-state index in [-0.39, 0.29) is 17.6 Å². The fraction of sp³-hybridized carbons (Fsp3) is 0.105. The van der Waals surface area contributed by atoms with Gasteiger partial charge < -0.3 is 15.0 Å². The van der Waals surface area contributed by atoms with Gasteiger partial charge in [-0.3, -0.25) is 0 Å². The van der Waals surface area contributed by atoms with Crippen LogP contribution < -0.4 is 10.5 Å². The molecule has 134 valence electrons. The Balaban J connectivity index is 1.67. The van der Waals surface area contributed by atoms with E-state index in [9.17, 15) is 0 Å². The largest absolute Gasteiger partial charge is 0.496 e. The topological polar surface area (TPSA) is 113 Å². The first-order valence-corrected chi connectivity index (χ1v) is 8.25. The summed E-state index contributed by atoms with van der Waals surface area (Å²) in [5.41, 5.74) is 7.60. The second-order valence-electron chi connectivity index (χ2n) is 5.72. The van der Waals surface area contributed by atoms with Crippen LogP contribution in [0.5, 0.6) is 5.75 Å². The lowest BCUT2D eigenvalue weighted by Crippen LogP contribution is -2.06. The third-order valence-corrected chi connectivity index (χ3v) is 3.87. The monoisotopic (exact) mass is 360 g/mol. The summed E-state index contributed by atoms with van der Waals surface area (Å²) in [6.45, 7) is 0. The van der Waals surface area contributed by atoms with Gasteiger partial charge in [0.05, 0.1) is 12.7 Å². The predicted molar refractivity (Wildman–Crippen MR) is 98.8 cm³/mol. The molecule has 0 spiro atoms. The minimum atomic E-state index is 0.106. The summed E-state index contributed by atoms with van der Waals surface area (Å²) >= 11 is 0. The zero-order valence-corrected chi connectivity index (χ0v) is 14.5. The van der Waals surface area contributed by atoms with Crippen molar-refractivity contribution in [3.05, 3.63) is 66.0 Å². The number of aromatic nitrogens is 5. The number of nitrogens with two attached hydrogens (primary N) is 1. The molecule has 0 unspecified atom stereocenters. The average molecular weight is 360 g/mol. The maximum atomic E-state index is 5.85. The van der Waals surface area contributed by atoms with Crippen molar-refractivity contribution in [3.63, 3.8) is 0 Å². The first kappa shape index (κ1) is 16.6. The van der Waals surface area contributed by atoms with E-state index < -0.39 is 0 Å². The predicted octanol–water partition coefficient (Wildman–Crippen LogP) is 2.77. The molecule has 4 rings (SSSR count). The molecule has 0 radical (unpaired) electrons. The van der Waals surface area contributed by atoms with Crippen molar-refractivity contribution in [1.29, 1.82) is 0 Å². The third kappa shape index (κ3) is 3.59. The van der Waals surface area contributed by atoms with Crippen LogP contribution in [0.4, 0.5) is 5.95 Å². The Hall–Kier alpha value is -3.81. The van der Waals surface area contributed by atoms with Crippen LogP contribution in [0.1, 0.15) is 11.4 Å². The van der Waals surface area contributed by atoms with Gasteiger partial charge in [-0.1, -0.05) is 47.6 Å². The van der Waals surface area contributed by atoms with Crippen LogP contribution in [0.25, 0.3) is 23.1 Å². The molecule has 2 heterocycles. The van der Waals surface area contributed by atoms with Gasteiger partial charge >= 0.3 is 0 Å². The molecule has 0 fully saturated rings. The molecule has 2 N–H and O–H groups in total. The SMILES string of the molecule is COc1ccccc1-c1nc(-c2nc(N)nc(Cc3ccccc3)n2)no1. The first-order chi connectivity index (χ1) is 13.2. The standard InChI is InChI=1S/C19H16N6O2/c1-26-14-10-6-5-9-13(14)18-23-17(25-27-18)16-21-15(22-19(20)24-16)11-12-7-3-2-4-8-12/h2-10H,11H2,1H3,(H2,20,21,22,24). The molecule has 8 heteroatoms. The lowest BCUT2D eigenvalue weighted by Gasteiger charge is -2.03. The number of para-hydroxylation sites is 1. The number of anilines is 1. The van der Waals surface area contributed by atoms with Crippen molar-refractivity contribution in [2.24, 2.45) is 0 Å². The van der Waals surface area contributed by atoms with Gasteiger partial charge in [-0.15, -0.1) is 0 Å². The van der Waals surface area contributed by atoms with Gasteiger partial charge in [-0.25, -0.2) is 4.98 Å². The van der Waals surface area contributed by atoms with Crippen molar-refractivity contribution in [2.75, 3.05) is 12.8 Å². The molecule has 2 aromatic heterocycles. The van der Waals surface area contributed by atoms with Crippen molar-refractivity contribution in [3.8, 4) is 28.9 Å². The second-order valence-corrected chi connectivity index (χ2v) is 5.72. The summed E-state index contributed by atoms with van der Waals surface area (Å²) in [6, 6.07) is 17.2. The van der Waals surface area contributed by atoms with Gasteiger partial charge in [0.2, 0.25) is 17.6 Å². The van der Waals surface area contributed by atoms with E-state index in [1.165, 1.54) is 0 Å². The second kappa shape index (κ2) is 7.20. The van der Waals surface area contributed by atoms with E-state index in [1.54, 1.807) is 7.11 Å². The van der Waals surface area contributed by atoms with E-state index >= 15 is 0 Å². The fourth-order valence-electron chi connectivity index (χ4n) is 2.64. The summed E-state index contributed by atoms with van der Waals surface area (Å²) in [7, 11) is 1.58. The molecule has 0 bridgehead atoms. The van der Waals surface area contributed by atoms with Gasteiger partial charge in [-0.05, 0) is 17.7 Å². The molecule has 0 atom stereocenters. The smallest absolute Gasteiger partial charge is 0.262 e.